The van der Waals surface area contributed by atoms with Gasteiger partial charge in [0.25, 0.3) is 5.91 Å². The van der Waals surface area contributed by atoms with Gasteiger partial charge < -0.3 is 19.4 Å². The molecule has 1 amide bonds. The molecule has 0 aliphatic carbocycles. The molecule has 5 heteroatoms. The van der Waals surface area contributed by atoms with Crippen molar-refractivity contribution >= 4 is 5.91 Å². The first-order valence-electron chi connectivity index (χ1n) is 8.41. The minimum Gasteiger partial charge on any atom is -0.496 e. The zero-order valence-electron chi connectivity index (χ0n) is 14.2. The van der Waals surface area contributed by atoms with Crippen LogP contribution in [-0.4, -0.2) is 49.2 Å². The van der Waals surface area contributed by atoms with E-state index in [9.17, 15) is 4.79 Å². The number of aromatic nitrogens is 1. The van der Waals surface area contributed by atoms with Crippen LogP contribution in [0.5, 0.6) is 5.75 Å². The average Bonchev–Trinajstić information content (AvgIpc) is 3.30. The van der Waals surface area contributed by atoms with Gasteiger partial charge in [0.2, 0.25) is 0 Å². The van der Waals surface area contributed by atoms with E-state index in [-0.39, 0.29) is 5.91 Å². The van der Waals surface area contributed by atoms with E-state index in [4.69, 9.17) is 9.47 Å². The lowest BCUT2D eigenvalue weighted by Gasteiger charge is -2.24. The highest BCUT2D eigenvalue weighted by Crippen LogP contribution is 2.32. The van der Waals surface area contributed by atoms with Gasteiger partial charge in [-0.05, 0) is 19.4 Å². The summed E-state index contributed by atoms with van der Waals surface area (Å²) in [6, 6.07) is 7.76. The molecule has 1 N–H and O–H groups in total. The highest BCUT2D eigenvalue weighted by molar-refractivity contribution is 6.01. The molecule has 24 heavy (non-hydrogen) atoms. The van der Waals surface area contributed by atoms with Crippen molar-refractivity contribution < 1.29 is 14.3 Å². The molecule has 1 atom stereocenters. The van der Waals surface area contributed by atoms with Crippen molar-refractivity contribution in [3.63, 3.8) is 0 Å². The molecule has 1 unspecified atom stereocenters. The van der Waals surface area contributed by atoms with Gasteiger partial charge in [-0.3, -0.25) is 4.79 Å². The number of benzene rings is 1. The third-order valence-electron chi connectivity index (χ3n) is 4.54. The zero-order chi connectivity index (χ0) is 16.9. The van der Waals surface area contributed by atoms with Gasteiger partial charge in [-0.2, -0.15) is 0 Å². The third-order valence-corrected chi connectivity index (χ3v) is 4.54. The van der Waals surface area contributed by atoms with Crippen LogP contribution in [0.4, 0.5) is 0 Å². The van der Waals surface area contributed by atoms with E-state index in [0.717, 1.165) is 43.1 Å². The number of carbonyl (C=O) groups excluding carboxylic acids is 1. The molecule has 1 fully saturated rings. The van der Waals surface area contributed by atoms with E-state index in [1.54, 1.807) is 13.3 Å². The molecule has 1 aliphatic heterocycles. The number of H-pyrrole nitrogens is 1. The standard InChI is InChI=1S/C19H24N2O3/c1-3-21(12-14-8-9-24-13-14)19(22)17-11-20-10-16(17)15-6-4-5-7-18(15)23-2/h4-7,10-11,14,20H,3,8-9,12-13H2,1-2H3. The number of hydrogen-bond acceptors (Lipinski definition) is 3. The molecule has 3 rings (SSSR count). The van der Waals surface area contributed by atoms with Crippen LogP contribution in [0, 0.1) is 5.92 Å². The largest absolute Gasteiger partial charge is 0.496 e. The van der Waals surface area contributed by atoms with Crippen LogP contribution in [0.3, 0.4) is 0 Å². The molecular weight excluding hydrogens is 304 g/mol. The van der Waals surface area contributed by atoms with Crippen molar-refractivity contribution in [2.45, 2.75) is 13.3 Å². The van der Waals surface area contributed by atoms with Gasteiger partial charge >= 0.3 is 0 Å². The maximum atomic E-state index is 13.0. The molecule has 1 aliphatic rings. The lowest BCUT2D eigenvalue weighted by Crippen LogP contribution is -2.35. The van der Waals surface area contributed by atoms with Crippen molar-refractivity contribution in [2.24, 2.45) is 5.92 Å². The lowest BCUT2D eigenvalue weighted by molar-refractivity contribution is 0.0732. The SMILES string of the molecule is CCN(CC1CCOC1)C(=O)c1c[nH]cc1-c1ccccc1OC. The molecule has 0 bridgehead atoms. The first-order valence-corrected chi connectivity index (χ1v) is 8.41. The predicted molar refractivity (Wildman–Crippen MR) is 93.3 cm³/mol. The van der Waals surface area contributed by atoms with Crippen molar-refractivity contribution in [1.82, 2.24) is 9.88 Å². The summed E-state index contributed by atoms with van der Waals surface area (Å²) < 4.78 is 10.9. The van der Waals surface area contributed by atoms with Crippen LogP contribution >= 0.6 is 0 Å². The highest BCUT2D eigenvalue weighted by Gasteiger charge is 2.25. The molecule has 0 radical (unpaired) electrons. The monoisotopic (exact) mass is 328 g/mol. The van der Waals surface area contributed by atoms with E-state index in [1.165, 1.54) is 0 Å². The summed E-state index contributed by atoms with van der Waals surface area (Å²) >= 11 is 0. The second kappa shape index (κ2) is 7.53. The van der Waals surface area contributed by atoms with Gasteiger partial charge in [0.1, 0.15) is 5.75 Å². The Hall–Kier alpha value is -2.27. The number of nitrogens with one attached hydrogen (secondary N) is 1. The quantitative estimate of drug-likeness (QED) is 0.886. The van der Waals surface area contributed by atoms with Gasteiger partial charge in [0, 0.05) is 49.1 Å². The number of para-hydroxylation sites is 1. The van der Waals surface area contributed by atoms with E-state index >= 15 is 0 Å². The van der Waals surface area contributed by atoms with E-state index in [0.29, 0.717) is 18.0 Å². The molecule has 0 spiro atoms. The number of methoxy groups -OCH3 is 1. The fourth-order valence-electron chi connectivity index (χ4n) is 3.20. The van der Waals surface area contributed by atoms with Gasteiger partial charge in [-0.1, -0.05) is 18.2 Å². The number of rotatable bonds is 6. The smallest absolute Gasteiger partial charge is 0.256 e. The molecule has 1 aromatic carbocycles. The fraction of sp³-hybridized carbons (Fsp3) is 0.421. The number of carbonyl (C=O) groups is 1. The number of nitrogens with zero attached hydrogens (tertiary/aromatic N) is 1. The van der Waals surface area contributed by atoms with E-state index < -0.39 is 0 Å². The third kappa shape index (κ3) is 3.31. The summed E-state index contributed by atoms with van der Waals surface area (Å²) in [5.41, 5.74) is 2.48. The van der Waals surface area contributed by atoms with Gasteiger partial charge in [0.15, 0.2) is 0 Å². The van der Waals surface area contributed by atoms with Crippen molar-refractivity contribution in [1.29, 1.82) is 0 Å². The Morgan fingerprint density at radius 2 is 2.17 bits per heavy atom. The van der Waals surface area contributed by atoms with Gasteiger partial charge in [-0.25, -0.2) is 0 Å². The summed E-state index contributed by atoms with van der Waals surface area (Å²) in [6.07, 6.45) is 4.66. The predicted octanol–water partition coefficient (Wildman–Crippen LogP) is 3.19. The molecular formula is C19H24N2O3. The van der Waals surface area contributed by atoms with Crippen LogP contribution in [0.25, 0.3) is 11.1 Å². The number of aromatic amines is 1. The summed E-state index contributed by atoms with van der Waals surface area (Å²) in [5, 5.41) is 0. The van der Waals surface area contributed by atoms with E-state index in [1.807, 2.05) is 42.3 Å². The van der Waals surface area contributed by atoms with Crippen LogP contribution in [0.2, 0.25) is 0 Å². The molecule has 0 saturated carbocycles. The maximum absolute atomic E-state index is 13.0. The Morgan fingerprint density at radius 1 is 1.33 bits per heavy atom. The van der Waals surface area contributed by atoms with Crippen molar-refractivity contribution in [2.75, 3.05) is 33.4 Å². The minimum atomic E-state index is 0.0477. The Morgan fingerprint density at radius 3 is 2.88 bits per heavy atom. The average molecular weight is 328 g/mol. The summed E-state index contributed by atoms with van der Waals surface area (Å²) in [5.74, 6) is 1.24. The summed E-state index contributed by atoms with van der Waals surface area (Å²) in [4.78, 5) is 18.0. The van der Waals surface area contributed by atoms with Crippen LogP contribution in [-0.2, 0) is 4.74 Å². The minimum absolute atomic E-state index is 0.0477. The normalized spacial score (nSPS) is 17.0. The topological polar surface area (TPSA) is 54.6 Å². The number of hydrogen-bond donors (Lipinski definition) is 1. The first-order chi connectivity index (χ1) is 11.7. The lowest BCUT2D eigenvalue weighted by atomic mass is 10.0. The first kappa shape index (κ1) is 16.6. The Balaban J connectivity index is 1.86. The van der Waals surface area contributed by atoms with E-state index in [2.05, 4.69) is 4.98 Å². The van der Waals surface area contributed by atoms with Gasteiger partial charge in [-0.15, -0.1) is 0 Å². The van der Waals surface area contributed by atoms with Gasteiger partial charge in [0.05, 0.1) is 19.3 Å². The molecule has 2 aromatic rings. The highest BCUT2D eigenvalue weighted by atomic mass is 16.5. The summed E-state index contributed by atoms with van der Waals surface area (Å²) in [7, 11) is 1.64. The second-order valence-electron chi connectivity index (χ2n) is 6.06. The maximum Gasteiger partial charge on any atom is 0.256 e. The van der Waals surface area contributed by atoms with Crippen molar-refractivity contribution in [3.05, 3.63) is 42.2 Å². The number of ether oxygens (including phenoxy) is 2. The van der Waals surface area contributed by atoms with Crippen LogP contribution in [0.1, 0.15) is 23.7 Å². The van der Waals surface area contributed by atoms with Crippen LogP contribution in [0.15, 0.2) is 36.7 Å². The molecule has 1 aromatic heterocycles. The van der Waals surface area contributed by atoms with Crippen molar-refractivity contribution in [3.8, 4) is 16.9 Å². The summed E-state index contributed by atoms with van der Waals surface area (Å²) in [6.45, 7) is 4.99. The molecule has 2 heterocycles. The zero-order valence-corrected chi connectivity index (χ0v) is 14.2. The Bertz CT molecular complexity index is 689. The molecule has 5 nitrogen and oxygen atoms in total. The molecule has 1 saturated heterocycles. The molecule has 128 valence electrons. The Labute approximate surface area is 142 Å². The Kier molecular flexibility index (Phi) is 5.20. The fourth-order valence-corrected chi connectivity index (χ4v) is 3.20. The number of amides is 1. The second-order valence-corrected chi connectivity index (χ2v) is 6.06. The van der Waals surface area contributed by atoms with Crippen LogP contribution < -0.4 is 4.74 Å².